The number of carbonyl (C=O) groups excluding carboxylic acids is 2. The van der Waals surface area contributed by atoms with Gasteiger partial charge in [-0.15, -0.1) is 0 Å². The van der Waals surface area contributed by atoms with E-state index in [2.05, 4.69) is 5.32 Å². The van der Waals surface area contributed by atoms with Crippen molar-refractivity contribution in [2.45, 2.75) is 26.6 Å². The number of methoxy groups -OCH3 is 1. The number of rotatable bonds is 9. The summed E-state index contributed by atoms with van der Waals surface area (Å²) in [5, 5.41) is 2.57. The van der Waals surface area contributed by atoms with Gasteiger partial charge >= 0.3 is 5.97 Å². The normalized spacial score (nSPS) is 10.5. The highest BCUT2D eigenvalue weighted by atomic mass is 16.5. The molecule has 6 nitrogen and oxygen atoms in total. The minimum atomic E-state index is -0.529. The van der Waals surface area contributed by atoms with Gasteiger partial charge < -0.3 is 19.5 Å². The molecular weight excluding hydrogens is 286 g/mol. The summed E-state index contributed by atoms with van der Waals surface area (Å²) in [7, 11) is 1.54. The van der Waals surface area contributed by atoms with Crippen LogP contribution in [-0.2, 0) is 25.6 Å². The van der Waals surface area contributed by atoms with Crippen LogP contribution in [0.15, 0.2) is 24.3 Å². The third-order valence-corrected chi connectivity index (χ3v) is 2.74. The minimum absolute atomic E-state index is 0.154. The summed E-state index contributed by atoms with van der Waals surface area (Å²) in [5.41, 5.74) is 1.38. The van der Waals surface area contributed by atoms with E-state index in [-0.39, 0.29) is 18.6 Å². The van der Waals surface area contributed by atoms with E-state index in [1.165, 1.54) is 0 Å². The number of hydrogen-bond acceptors (Lipinski definition) is 5. The van der Waals surface area contributed by atoms with Crippen LogP contribution in [0.4, 0.5) is 0 Å². The molecule has 22 heavy (non-hydrogen) atoms. The molecule has 0 saturated heterocycles. The van der Waals surface area contributed by atoms with E-state index in [1.807, 2.05) is 13.8 Å². The number of hydrogen-bond donors (Lipinski definition) is 1. The maximum atomic E-state index is 11.8. The Bertz CT molecular complexity index is 470. The van der Waals surface area contributed by atoms with Crippen LogP contribution in [0.2, 0.25) is 0 Å². The van der Waals surface area contributed by atoms with E-state index >= 15 is 0 Å². The van der Waals surface area contributed by atoms with Gasteiger partial charge in [-0.3, -0.25) is 4.79 Å². The molecule has 0 aliphatic carbocycles. The second-order valence-electron chi connectivity index (χ2n) is 4.98. The summed E-state index contributed by atoms with van der Waals surface area (Å²) in [4.78, 5) is 23.2. The third-order valence-electron chi connectivity index (χ3n) is 2.74. The zero-order valence-corrected chi connectivity index (χ0v) is 13.3. The molecule has 0 radical (unpaired) electrons. The summed E-state index contributed by atoms with van der Waals surface area (Å²) in [5.74, 6) is -0.884. The molecule has 1 rings (SSSR count). The van der Waals surface area contributed by atoms with Gasteiger partial charge in [0.25, 0.3) is 5.91 Å². The van der Waals surface area contributed by atoms with E-state index in [0.29, 0.717) is 25.3 Å². The van der Waals surface area contributed by atoms with Crippen molar-refractivity contribution in [1.82, 2.24) is 5.32 Å². The Morgan fingerprint density at radius 3 is 2.45 bits per heavy atom. The quantitative estimate of drug-likeness (QED) is 0.553. The molecule has 0 saturated carbocycles. The maximum absolute atomic E-state index is 11.8. The average molecular weight is 309 g/mol. The molecule has 0 atom stereocenters. The minimum Gasteiger partial charge on any atom is -0.452 e. The molecule has 1 amide bonds. The van der Waals surface area contributed by atoms with Gasteiger partial charge in [0, 0.05) is 13.7 Å². The lowest BCUT2D eigenvalue weighted by atomic mass is 10.1. The standard InChI is InChI=1S/C16H23NO5/c1-12(2)21-10-13-4-6-14(7-5-13)16(19)22-11-15(18)17-8-9-20-3/h4-7,12H,8-11H2,1-3H3,(H,17,18). The SMILES string of the molecule is COCCNC(=O)COC(=O)c1ccc(COC(C)C)cc1. The molecular formula is C16H23NO5. The molecule has 0 aromatic heterocycles. The zero-order valence-electron chi connectivity index (χ0n) is 13.3. The summed E-state index contributed by atoms with van der Waals surface area (Å²) < 4.78 is 15.2. The molecule has 1 aromatic carbocycles. The summed E-state index contributed by atoms with van der Waals surface area (Å²) in [6, 6.07) is 6.92. The maximum Gasteiger partial charge on any atom is 0.338 e. The highest BCUT2D eigenvalue weighted by Gasteiger charge is 2.10. The van der Waals surface area contributed by atoms with Crippen molar-refractivity contribution in [2.75, 3.05) is 26.9 Å². The van der Waals surface area contributed by atoms with Crippen LogP contribution >= 0.6 is 0 Å². The van der Waals surface area contributed by atoms with Crippen LogP contribution in [0.5, 0.6) is 0 Å². The molecule has 0 bridgehead atoms. The molecule has 1 N–H and O–H groups in total. The molecule has 0 aliphatic rings. The number of benzene rings is 1. The Hall–Kier alpha value is -1.92. The van der Waals surface area contributed by atoms with Gasteiger partial charge in [-0.1, -0.05) is 12.1 Å². The van der Waals surface area contributed by atoms with Gasteiger partial charge in [-0.05, 0) is 31.5 Å². The Morgan fingerprint density at radius 2 is 1.86 bits per heavy atom. The van der Waals surface area contributed by atoms with E-state index in [9.17, 15) is 9.59 Å². The lowest BCUT2D eigenvalue weighted by Crippen LogP contribution is -2.31. The van der Waals surface area contributed by atoms with Crippen molar-refractivity contribution in [1.29, 1.82) is 0 Å². The fourth-order valence-electron chi connectivity index (χ4n) is 1.56. The highest BCUT2D eigenvalue weighted by molar-refractivity contribution is 5.91. The van der Waals surface area contributed by atoms with Crippen molar-refractivity contribution in [3.63, 3.8) is 0 Å². The van der Waals surface area contributed by atoms with Crippen LogP contribution in [0, 0.1) is 0 Å². The van der Waals surface area contributed by atoms with Gasteiger partial charge in [-0.25, -0.2) is 4.79 Å². The van der Waals surface area contributed by atoms with Crippen LogP contribution in [0.25, 0.3) is 0 Å². The summed E-state index contributed by atoms with van der Waals surface area (Å²) in [6.45, 7) is 4.92. The molecule has 0 unspecified atom stereocenters. The largest absolute Gasteiger partial charge is 0.452 e. The topological polar surface area (TPSA) is 73.9 Å². The van der Waals surface area contributed by atoms with Crippen molar-refractivity contribution in [3.05, 3.63) is 35.4 Å². The Morgan fingerprint density at radius 1 is 1.18 bits per heavy atom. The molecule has 6 heteroatoms. The van der Waals surface area contributed by atoms with Crippen LogP contribution in [0.3, 0.4) is 0 Å². The number of nitrogens with one attached hydrogen (secondary N) is 1. The van der Waals surface area contributed by atoms with Gasteiger partial charge in [-0.2, -0.15) is 0 Å². The molecule has 1 aromatic rings. The van der Waals surface area contributed by atoms with Crippen LogP contribution < -0.4 is 5.32 Å². The van der Waals surface area contributed by atoms with Crippen molar-refractivity contribution >= 4 is 11.9 Å². The van der Waals surface area contributed by atoms with Gasteiger partial charge in [0.05, 0.1) is 24.9 Å². The van der Waals surface area contributed by atoms with E-state index in [1.54, 1.807) is 31.4 Å². The van der Waals surface area contributed by atoms with Gasteiger partial charge in [0.2, 0.25) is 0 Å². The summed E-state index contributed by atoms with van der Waals surface area (Å²) >= 11 is 0. The predicted octanol–water partition coefficient (Wildman–Crippen LogP) is 1.53. The number of ether oxygens (including phenoxy) is 3. The third kappa shape index (κ3) is 7.19. The highest BCUT2D eigenvalue weighted by Crippen LogP contribution is 2.08. The fraction of sp³-hybridized carbons (Fsp3) is 0.500. The predicted molar refractivity (Wildman–Crippen MR) is 81.5 cm³/mol. The first-order valence-electron chi connectivity index (χ1n) is 7.16. The van der Waals surface area contributed by atoms with Crippen molar-refractivity contribution in [3.8, 4) is 0 Å². The van der Waals surface area contributed by atoms with E-state index in [0.717, 1.165) is 5.56 Å². The molecule has 122 valence electrons. The van der Waals surface area contributed by atoms with Gasteiger partial charge in [0.1, 0.15) is 0 Å². The first-order valence-corrected chi connectivity index (χ1v) is 7.16. The fourth-order valence-corrected chi connectivity index (χ4v) is 1.56. The Labute approximate surface area is 130 Å². The van der Waals surface area contributed by atoms with Crippen LogP contribution in [-0.4, -0.2) is 44.8 Å². The lowest BCUT2D eigenvalue weighted by molar-refractivity contribution is -0.124. The van der Waals surface area contributed by atoms with Crippen molar-refractivity contribution < 1.29 is 23.8 Å². The molecule has 0 fully saturated rings. The van der Waals surface area contributed by atoms with E-state index in [4.69, 9.17) is 14.2 Å². The smallest absolute Gasteiger partial charge is 0.338 e. The molecule has 0 heterocycles. The Balaban J connectivity index is 2.37. The average Bonchev–Trinajstić information content (AvgIpc) is 2.51. The number of esters is 1. The van der Waals surface area contributed by atoms with Crippen molar-refractivity contribution in [2.24, 2.45) is 0 Å². The molecule has 0 aliphatic heterocycles. The second kappa shape index (κ2) is 9.92. The van der Waals surface area contributed by atoms with Gasteiger partial charge in [0.15, 0.2) is 6.61 Å². The second-order valence-corrected chi connectivity index (χ2v) is 4.98. The molecule has 0 spiro atoms. The zero-order chi connectivity index (χ0) is 16.4. The van der Waals surface area contributed by atoms with Crippen LogP contribution in [0.1, 0.15) is 29.8 Å². The first kappa shape index (κ1) is 18.1. The number of amides is 1. The monoisotopic (exact) mass is 309 g/mol. The summed E-state index contributed by atoms with van der Waals surface area (Å²) in [6.07, 6.45) is 0.154. The van der Waals surface area contributed by atoms with E-state index < -0.39 is 5.97 Å². The first-order chi connectivity index (χ1) is 10.5. The lowest BCUT2D eigenvalue weighted by Gasteiger charge is -2.08. The number of carbonyl (C=O) groups is 2. The Kier molecular flexibility index (Phi) is 8.17.